The van der Waals surface area contributed by atoms with E-state index >= 15 is 0 Å². The highest BCUT2D eigenvalue weighted by molar-refractivity contribution is 7.98. The fourth-order valence-corrected chi connectivity index (χ4v) is 5.18. The van der Waals surface area contributed by atoms with Crippen LogP contribution in [0.2, 0.25) is 0 Å². The van der Waals surface area contributed by atoms with Crippen molar-refractivity contribution in [3.05, 3.63) is 12.2 Å². The second-order valence-corrected chi connectivity index (χ2v) is 16.8. The number of allylic oxidation sites excluding steroid dienone is 2. The lowest BCUT2D eigenvalue weighted by atomic mass is 10.1. The standard InChI is InChI=1S/C20H40N10O5S.C10H17NO4.C6H12.C4H11N3.C4H11N.C4H10.C2H6.CH2O/c1-36-10-5-13(18(34)29-12-15(22)31)25-8-9-27-19(35)14(3-2-6-28-20(23)24)30-16(32)4-7-26-17(33)11-21;1-8(5-7-12)10(14)11(2)6-4-9(13)15-3;1-3-5-6-4-2;1-2-3-7-4(5)6;1-2-3-4-5;1-3-4-2;2*1-2/h13-14,25H,2-12,21H2,1H3,(H2,22,31)(H,26,33)(H,27,35)(H,29,34)(H,30,32)(H4,23,24,28);7-8H,4-6H2,1-3H3;3,5H,4,6H2,1-2H3;2-3H2,1H3,(H4,5,6,7);2-5H2,1H3;3-4H2,1-2H3;1-2H3;1H2/b;;5-3-;;;;;. The van der Waals surface area contributed by atoms with Gasteiger partial charge < -0.3 is 85.9 Å². The summed E-state index contributed by atoms with van der Waals surface area (Å²) in [5.41, 5.74) is 36.0. The topological polar surface area (TPSA) is 433 Å². The Bertz CT molecular complexity index is 1520. The number of guanidine groups is 2. The number of aliphatic imine (C=N–C) groups is 2. The molecule has 19 N–H and O–H groups in total. The van der Waals surface area contributed by atoms with Crippen molar-refractivity contribution in [2.24, 2.45) is 56.0 Å². The Labute approximate surface area is 467 Å². The maximum atomic E-state index is 12.7. The third-order valence-electron chi connectivity index (χ3n) is 9.03. The van der Waals surface area contributed by atoms with Gasteiger partial charge in [-0.05, 0) is 64.0 Å². The van der Waals surface area contributed by atoms with E-state index in [0.29, 0.717) is 25.1 Å². The average molecular weight is 1120 g/mol. The minimum atomic E-state index is -0.844. The minimum absolute atomic E-state index is 0.0253. The zero-order chi connectivity index (χ0) is 61.3. The zero-order valence-corrected chi connectivity index (χ0v) is 50.1. The summed E-state index contributed by atoms with van der Waals surface area (Å²) in [6, 6.07) is -1.41. The van der Waals surface area contributed by atoms with E-state index in [1.807, 2.05) is 33.8 Å². The molecule has 26 heteroatoms. The quantitative estimate of drug-likeness (QED) is 0.0109. The number of nitrogens with one attached hydrogen (secondary N) is 5. The van der Waals surface area contributed by atoms with Crippen LogP contribution in [0.25, 0.3) is 0 Å². The van der Waals surface area contributed by atoms with Crippen molar-refractivity contribution in [3.8, 4) is 0 Å². The lowest BCUT2D eigenvalue weighted by Gasteiger charge is -2.20. The van der Waals surface area contributed by atoms with Crippen LogP contribution in [-0.4, -0.2) is 168 Å². The summed E-state index contributed by atoms with van der Waals surface area (Å²) in [7, 11) is 2.91. The van der Waals surface area contributed by atoms with Crippen LogP contribution in [0, 0.1) is 5.92 Å². The van der Waals surface area contributed by atoms with Crippen LogP contribution in [-0.2, 0) is 47.9 Å². The number of hydrogen-bond acceptors (Lipinski definition) is 16. The first kappa shape index (κ1) is 87.8. The molecule has 0 spiro atoms. The Balaban J connectivity index is -0.000000156. The van der Waals surface area contributed by atoms with Crippen molar-refractivity contribution in [2.75, 3.05) is 85.1 Å². The maximum Gasteiger partial charge on any atom is 0.307 e. The fraction of sp³-hybridized carbons (Fsp3) is 0.745. The number of hydrogen-bond donors (Lipinski definition) is 12. The molecular formula is C51H109N15O10S. The number of thioether (sulfide) groups is 1. The summed E-state index contributed by atoms with van der Waals surface area (Å²) in [5.74, 6) is -2.22. The van der Waals surface area contributed by atoms with Crippen molar-refractivity contribution in [1.82, 2.24) is 31.5 Å². The lowest BCUT2D eigenvalue weighted by molar-refractivity contribution is -0.142. The van der Waals surface area contributed by atoms with Crippen LogP contribution in [0.4, 0.5) is 0 Å². The Morgan fingerprint density at radius 1 is 0.727 bits per heavy atom. The van der Waals surface area contributed by atoms with Crippen molar-refractivity contribution in [1.29, 1.82) is 0 Å². The SMILES string of the molecule is C/C=C\CCC.C=O.CC.CCCC.CCCCN.CCCN=C(N)N.COC(=O)CCN(C)C(=O)C(C)CC=O.CSCCC(NCCNC(=O)C(CCCN=C(N)N)NC(=O)CCNC(=O)CN)C(=O)NCC(N)=O. The van der Waals surface area contributed by atoms with E-state index in [4.69, 9.17) is 44.9 Å². The van der Waals surface area contributed by atoms with Crippen molar-refractivity contribution in [3.63, 3.8) is 0 Å². The van der Waals surface area contributed by atoms with E-state index < -0.39 is 29.8 Å². The molecule has 454 valence electrons. The lowest BCUT2D eigenvalue weighted by Crippen LogP contribution is -2.51. The van der Waals surface area contributed by atoms with Gasteiger partial charge in [0, 0.05) is 65.1 Å². The van der Waals surface area contributed by atoms with Crippen LogP contribution in [0.1, 0.15) is 146 Å². The smallest absolute Gasteiger partial charge is 0.307 e. The number of amides is 6. The van der Waals surface area contributed by atoms with E-state index in [2.05, 4.69) is 88.1 Å². The molecule has 0 aliphatic rings. The number of aldehydes is 1. The van der Waals surface area contributed by atoms with E-state index in [0.717, 1.165) is 25.8 Å². The number of esters is 1. The molecule has 0 aliphatic heterocycles. The Morgan fingerprint density at radius 2 is 1.30 bits per heavy atom. The summed E-state index contributed by atoms with van der Waals surface area (Å²) in [4.78, 5) is 109. The van der Waals surface area contributed by atoms with Crippen LogP contribution < -0.4 is 66.7 Å². The van der Waals surface area contributed by atoms with E-state index in [-0.39, 0.29) is 106 Å². The summed E-state index contributed by atoms with van der Waals surface area (Å²) in [6.07, 6.45) is 17.0. The van der Waals surface area contributed by atoms with Crippen LogP contribution in [0.5, 0.6) is 0 Å². The molecule has 0 aliphatic carbocycles. The predicted octanol–water partition coefficient (Wildman–Crippen LogP) is 1.08. The van der Waals surface area contributed by atoms with Gasteiger partial charge in [-0.2, -0.15) is 11.8 Å². The number of rotatable bonds is 33. The number of ether oxygens (including phenoxy) is 1. The van der Waals surface area contributed by atoms with Gasteiger partial charge in [-0.25, -0.2) is 0 Å². The maximum absolute atomic E-state index is 12.7. The van der Waals surface area contributed by atoms with Gasteiger partial charge in [0.2, 0.25) is 35.4 Å². The number of nitrogens with zero attached hydrogens (tertiary/aromatic N) is 3. The van der Waals surface area contributed by atoms with Gasteiger partial charge in [0.15, 0.2) is 11.9 Å². The molecular weight excluding hydrogens is 1010 g/mol. The van der Waals surface area contributed by atoms with Gasteiger partial charge in [-0.1, -0.05) is 93.2 Å². The van der Waals surface area contributed by atoms with Gasteiger partial charge in [-0.15, -0.1) is 0 Å². The van der Waals surface area contributed by atoms with E-state index in [9.17, 15) is 38.4 Å². The minimum Gasteiger partial charge on any atom is -0.469 e. The van der Waals surface area contributed by atoms with E-state index in [1.165, 1.54) is 50.5 Å². The average Bonchev–Trinajstić information content (AvgIpc) is 3.42. The molecule has 0 aromatic rings. The Kier molecular flexibility index (Phi) is 82.3. The van der Waals surface area contributed by atoms with Crippen molar-refractivity contribution >= 4 is 78.2 Å². The van der Waals surface area contributed by atoms with Crippen LogP contribution in [0.15, 0.2) is 22.1 Å². The van der Waals surface area contributed by atoms with Gasteiger partial charge >= 0.3 is 5.97 Å². The Hall–Kier alpha value is -5.86. The van der Waals surface area contributed by atoms with Crippen LogP contribution in [0.3, 0.4) is 0 Å². The highest BCUT2D eigenvalue weighted by atomic mass is 32.2. The van der Waals surface area contributed by atoms with Gasteiger partial charge in [0.05, 0.1) is 32.7 Å². The molecule has 3 unspecified atom stereocenters. The first-order chi connectivity index (χ1) is 36.6. The third kappa shape index (κ3) is 76.7. The highest BCUT2D eigenvalue weighted by Crippen LogP contribution is 2.05. The zero-order valence-electron chi connectivity index (χ0n) is 49.3. The second kappa shape index (κ2) is 72.2. The van der Waals surface area contributed by atoms with Gasteiger partial charge in [0.25, 0.3) is 0 Å². The molecule has 0 heterocycles. The molecule has 0 aromatic carbocycles. The second-order valence-electron chi connectivity index (χ2n) is 15.8. The van der Waals surface area contributed by atoms with Crippen molar-refractivity contribution < 1.29 is 47.9 Å². The molecule has 3 atom stereocenters. The van der Waals surface area contributed by atoms with Crippen LogP contribution >= 0.6 is 11.8 Å². The van der Waals surface area contributed by atoms with Gasteiger partial charge in [0.1, 0.15) is 19.1 Å². The Morgan fingerprint density at radius 3 is 1.70 bits per heavy atom. The van der Waals surface area contributed by atoms with E-state index in [1.54, 1.807) is 25.7 Å². The monoisotopic (exact) mass is 1120 g/mol. The molecule has 0 aromatic heterocycles. The number of carbonyl (C=O) groups is 9. The molecule has 0 saturated heterocycles. The largest absolute Gasteiger partial charge is 0.469 e. The molecule has 6 amide bonds. The molecule has 0 rings (SSSR count). The number of carbonyl (C=O) groups excluding carboxylic acids is 9. The summed E-state index contributed by atoms with van der Waals surface area (Å²) < 4.78 is 4.46. The van der Waals surface area contributed by atoms with Crippen molar-refractivity contribution in [2.45, 2.75) is 158 Å². The first-order valence-corrected chi connectivity index (χ1v) is 27.8. The molecule has 25 nitrogen and oxygen atoms in total. The first-order valence-electron chi connectivity index (χ1n) is 26.4. The van der Waals surface area contributed by atoms with Gasteiger partial charge in [-0.3, -0.25) is 43.5 Å². The number of unbranched alkanes of at least 4 members (excludes halogenated alkanes) is 3. The highest BCUT2D eigenvalue weighted by Gasteiger charge is 2.22. The summed E-state index contributed by atoms with van der Waals surface area (Å²) in [6.45, 7) is 22.7. The molecule has 0 radical (unpaired) electrons. The molecule has 0 bridgehead atoms. The number of primary amides is 1. The number of nitrogens with two attached hydrogens (primary N) is 7. The summed E-state index contributed by atoms with van der Waals surface area (Å²) >= 11 is 1.57. The third-order valence-corrected chi connectivity index (χ3v) is 9.67. The predicted molar refractivity (Wildman–Crippen MR) is 316 cm³/mol. The normalized spacial score (nSPS) is 10.5. The fourth-order valence-electron chi connectivity index (χ4n) is 4.71. The number of methoxy groups -OCH3 is 1. The summed E-state index contributed by atoms with van der Waals surface area (Å²) in [5, 5.41) is 13.4. The molecule has 77 heavy (non-hydrogen) atoms. The molecule has 0 saturated carbocycles. The molecule has 0 fully saturated rings.